The minimum absolute atomic E-state index is 0.0489. The Morgan fingerprint density at radius 2 is 1.27 bits per heavy atom. The van der Waals surface area contributed by atoms with Crippen molar-refractivity contribution in [3.63, 3.8) is 0 Å². The quantitative estimate of drug-likeness (QED) is 0.367. The molecular formula is C29H22N2O2. The number of hydrogen-bond donors (Lipinski definition) is 1. The van der Waals surface area contributed by atoms with Crippen LogP contribution in [0.1, 0.15) is 5.56 Å². The fourth-order valence-electron chi connectivity index (χ4n) is 4.01. The van der Waals surface area contributed by atoms with Crippen LogP contribution < -0.4 is 5.56 Å². The van der Waals surface area contributed by atoms with Crippen molar-refractivity contribution in [2.45, 2.75) is 6.92 Å². The fourth-order valence-corrected chi connectivity index (χ4v) is 4.01. The zero-order valence-electron chi connectivity index (χ0n) is 18.1. The molecule has 0 unspecified atom stereocenters. The van der Waals surface area contributed by atoms with Crippen LogP contribution in [-0.2, 0) is 0 Å². The molecule has 1 N–H and O–H groups in total. The van der Waals surface area contributed by atoms with E-state index in [1.165, 1.54) is 4.68 Å². The van der Waals surface area contributed by atoms with Gasteiger partial charge in [-0.25, -0.2) is 0 Å². The van der Waals surface area contributed by atoms with Crippen molar-refractivity contribution < 1.29 is 5.11 Å². The van der Waals surface area contributed by atoms with E-state index in [-0.39, 0.29) is 11.3 Å². The number of para-hydroxylation sites is 2. The lowest BCUT2D eigenvalue weighted by molar-refractivity contribution is 0.477. The highest BCUT2D eigenvalue weighted by Gasteiger charge is 2.23. The summed E-state index contributed by atoms with van der Waals surface area (Å²) in [5.74, 6) is 0.0489. The zero-order valence-corrected chi connectivity index (χ0v) is 18.1. The van der Waals surface area contributed by atoms with Gasteiger partial charge in [0.2, 0.25) is 0 Å². The highest BCUT2D eigenvalue weighted by Crippen LogP contribution is 2.39. The lowest BCUT2D eigenvalue weighted by Gasteiger charge is -2.18. The van der Waals surface area contributed by atoms with Crippen molar-refractivity contribution in [1.29, 1.82) is 0 Å². The predicted molar refractivity (Wildman–Crippen MR) is 133 cm³/mol. The van der Waals surface area contributed by atoms with Crippen LogP contribution in [0.15, 0.2) is 114 Å². The Labute approximate surface area is 192 Å². The SMILES string of the molecule is Cc1ccc(-c2c(-c3ccccc3)nn(-c3ccccc3)c(=O)c2-c2ccccc2O)cc1. The molecule has 4 nitrogen and oxygen atoms in total. The van der Waals surface area contributed by atoms with Gasteiger partial charge in [-0.05, 0) is 30.7 Å². The minimum Gasteiger partial charge on any atom is -0.507 e. The van der Waals surface area contributed by atoms with Crippen molar-refractivity contribution in [3.05, 3.63) is 125 Å². The van der Waals surface area contributed by atoms with Gasteiger partial charge in [-0.3, -0.25) is 4.79 Å². The molecule has 0 aliphatic heterocycles. The molecule has 4 aromatic carbocycles. The molecule has 0 aliphatic carbocycles. The second kappa shape index (κ2) is 8.60. The third kappa shape index (κ3) is 3.83. The van der Waals surface area contributed by atoms with Gasteiger partial charge in [0, 0.05) is 16.7 Å². The molecular weight excluding hydrogens is 408 g/mol. The Balaban J connectivity index is 1.96. The number of aryl methyl sites for hydroxylation is 1. The molecule has 1 heterocycles. The van der Waals surface area contributed by atoms with Gasteiger partial charge in [0.25, 0.3) is 5.56 Å². The van der Waals surface area contributed by atoms with Crippen LogP contribution in [0.5, 0.6) is 5.75 Å². The van der Waals surface area contributed by atoms with Gasteiger partial charge in [-0.1, -0.05) is 96.6 Å². The number of benzene rings is 4. The number of phenols is 1. The maximum Gasteiger partial charge on any atom is 0.280 e. The average Bonchev–Trinajstić information content (AvgIpc) is 2.86. The molecule has 4 heteroatoms. The topological polar surface area (TPSA) is 55.1 Å². The molecule has 5 aromatic rings. The summed E-state index contributed by atoms with van der Waals surface area (Å²) in [5.41, 5.74) is 5.48. The van der Waals surface area contributed by atoms with E-state index in [1.54, 1.807) is 18.2 Å². The molecule has 33 heavy (non-hydrogen) atoms. The van der Waals surface area contributed by atoms with Crippen molar-refractivity contribution in [3.8, 4) is 44.9 Å². The summed E-state index contributed by atoms with van der Waals surface area (Å²) < 4.78 is 1.42. The molecule has 0 amide bonds. The van der Waals surface area contributed by atoms with E-state index in [1.807, 2.05) is 97.9 Å². The number of nitrogens with zero attached hydrogens (tertiary/aromatic N) is 2. The first-order valence-electron chi connectivity index (χ1n) is 10.8. The Hall–Kier alpha value is -4.44. The van der Waals surface area contributed by atoms with Gasteiger partial charge >= 0.3 is 0 Å². The highest BCUT2D eigenvalue weighted by atomic mass is 16.3. The van der Waals surface area contributed by atoms with E-state index < -0.39 is 0 Å². The van der Waals surface area contributed by atoms with Crippen molar-refractivity contribution in [2.75, 3.05) is 0 Å². The zero-order chi connectivity index (χ0) is 22.8. The molecule has 0 aliphatic rings. The van der Waals surface area contributed by atoms with Gasteiger partial charge in [-0.15, -0.1) is 0 Å². The molecule has 0 bridgehead atoms. The number of hydrogen-bond acceptors (Lipinski definition) is 3. The molecule has 0 fully saturated rings. The van der Waals surface area contributed by atoms with Gasteiger partial charge in [0.05, 0.1) is 16.9 Å². The lowest BCUT2D eigenvalue weighted by Crippen LogP contribution is -2.25. The molecule has 160 valence electrons. The smallest absolute Gasteiger partial charge is 0.280 e. The summed E-state index contributed by atoms with van der Waals surface area (Å²) >= 11 is 0. The van der Waals surface area contributed by atoms with E-state index in [9.17, 15) is 9.90 Å². The van der Waals surface area contributed by atoms with Crippen molar-refractivity contribution in [1.82, 2.24) is 9.78 Å². The van der Waals surface area contributed by atoms with Crippen LogP contribution in [0.3, 0.4) is 0 Å². The summed E-state index contributed by atoms with van der Waals surface area (Å²) in [6.45, 7) is 2.03. The molecule has 0 saturated heterocycles. The van der Waals surface area contributed by atoms with E-state index in [0.29, 0.717) is 28.1 Å². The van der Waals surface area contributed by atoms with Gasteiger partial charge < -0.3 is 5.11 Å². The van der Waals surface area contributed by atoms with Crippen LogP contribution in [-0.4, -0.2) is 14.9 Å². The van der Waals surface area contributed by atoms with Gasteiger partial charge in [0.1, 0.15) is 5.75 Å². The maximum atomic E-state index is 14.0. The predicted octanol–water partition coefficient (Wildman–Crippen LogP) is 6.25. The highest BCUT2D eigenvalue weighted by molar-refractivity contribution is 5.93. The molecule has 0 spiro atoms. The second-order valence-electron chi connectivity index (χ2n) is 7.90. The van der Waals surface area contributed by atoms with E-state index in [0.717, 1.165) is 16.7 Å². The third-order valence-electron chi connectivity index (χ3n) is 5.65. The summed E-state index contributed by atoms with van der Waals surface area (Å²) in [6, 6.07) is 34.1. The van der Waals surface area contributed by atoms with E-state index >= 15 is 0 Å². The monoisotopic (exact) mass is 430 g/mol. The van der Waals surface area contributed by atoms with Crippen molar-refractivity contribution >= 4 is 0 Å². The van der Waals surface area contributed by atoms with Crippen LogP contribution in [0.2, 0.25) is 0 Å². The molecule has 0 atom stereocenters. The van der Waals surface area contributed by atoms with Gasteiger partial charge in [0.15, 0.2) is 0 Å². The van der Waals surface area contributed by atoms with Crippen LogP contribution in [0.25, 0.3) is 39.2 Å². The normalized spacial score (nSPS) is 10.8. The molecule has 1 aromatic heterocycles. The summed E-state index contributed by atoms with van der Waals surface area (Å²) in [6.07, 6.45) is 0. The summed E-state index contributed by atoms with van der Waals surface area (Å²) in [7, 11) is 0. The maximum absolute atomic E-state index is 14.0. The first-order valence-corrected chi connectivity index (χ1v) is 10.8. The largest absolute Gasteiger partial charge is 0.507 e. The third-order valence-corrected chi connectivity index (χ3v) is 5.65. The molecule has 0 saturated carbocycles. The Bertz CT molecular complexity index is 1470. The van der Waals surface area contributed by atoms with Gasteiger partial charge in [-0.2, -0.15) is 9.78 Å². The standard InChI is InChI=1S/C29H22N2O2/c1-20-16-18-21(19-17-20)26-27(24-14-8-9-15-25(24)32)29(33)31(23-12-6-3-7-13-23)30-28(26)22-10-4-2-5-11-22/h2-19,32H,1H3. The van der Waals surface area contributed by atoms with Crippen LogP contribution >= 0.6 is 0 Å². The summed E-state index contributed by atoms with van der Waals surface area (Å²) in [5, 5.41) is 15.6. The van der Waals surface area contributed by atoms with E-state index in [2.05, 4.69) is 0 Å². The Morgan fingerprint density at radius 1 is 0.667 bits per heavy atom. The van der Waals surface area contributed by atoms with E-state index in [4.69, 9.17) is 5.10 Å². The minimum atomic E-state index is -0.294. The summed E-state index contributed by atoms with van der Waals surface area (Å²) in [4.78, 5) is 14.0. The number of rotatable bonds is 4. The second-order valence-corrected chi connectivity index (χ2v) is 7.90. The molecule has 5 rings (SSSR count). The Kier molecular flexibility index (Phi) is 5.33. The first kappa shape index (κ1) is 20.5. The first-order chi connectivity index (χ1) is 16.1. The van der Waals surface area contributed by atoms with Crippen LogP contribution in [0.4, 0.5) is 0 Å². The fraction of sp³-hybridized carbons (Fsp3) is 0.0345. The lowest BCUT2D eigenvalue weighted by atomic mass is 9.91. The Morgan fingerprint density at radius 3 is 1.94 bits per heavy atom. The molecule has 0 radical (unpaired) electrons. The average molecular weight is 431 g/mol. The van der Waals surface area contributed by atoms with Crippen LogP contribution in [0, 0.1) is 6.92 Å². The number of aromatic hydroxyl groups is 1. The number of aromatic nitrogens is 2. The number of phenolic OH excluding ortho intramolecular Hbond substituents is 1. The van der Waals surface area contributed by atoms with Crippen molar-refractivity contribution in [2.24, 2.45) is 0 Å².